The summed E-state index contributed by atoms with van der Waals surface area (Å²) in [4.78, 5) is 26.0. The lowest BCUT2D eigenvalue weighted by Crippen LogP contribution is -2.44. The molecule has 1 N–H and O–H groups in total. The summed E-state index contributed by atoms with van der Waals surface area (Å²) in [6, 6.07) is 5.33. The molecule has 1 atom stereocenters. The molecule has 122 valence electrons. The highest BCUT2D eigenvalue weighted by molar-refractivity contribution is 5.88. The molecule has 0 aromatic heterocycles. The number of likely N-dealkylation sites (tertiary alicyclic amines) is 1. The van der Waals surface area contributed by atoms with Gasteiger partial charge in [-0.2, -0.15) is 0 Å². The first-order valence-electron chi connectivity index (χ1n) is 8.30. The van der Waals surface area contributed by atoms with Crippen LogP contribution in [0.4, 0.5) is 0 Å². The van der Waals surface area contributed by atoms with Crippen molar-refractivity contribution in [1.29, 1.82) is 0 Å². The standard InChI is InChI=1S/C18H21NO4/c20-16(21)14-1-2-15-8-18(4-3-13(15)7-14)5-6-19(17(18)22)9-12-10-23-11-12/h1-2,7,12H,3-6,8-11H2,(H,20,21)/t18-/m1/s1. The van der Waals surface area contributed by atoms with E-state index in [0.717, 1.165) is 63.1 Å². The van der Waals surface area contributed by atoms with Gasteiger partial charge in [-0.25, -0.2) is 4.79 Å². The fraction of sp³-hybridized carbons (Fsp3) is 0.556. The summed E-state index contributed by atoms with van der Waals surface area (Å²) in [6.45, 7) is 3.22. The molecule has 5 nitrogen and oxygen atoms in total. The molecule has 2 aliphatic heterocycles. The summed E-state index contributed by atoms with van der Waals surface area (Å²) in [7, 11) is 0. The van der Waals surface area contributed by atoms with Crippen LogP contribution in [-0.2, 0) is 22.4 Å². The van der Waals surface area contributed by atoms with Crippen LogP contribution >= 0.6 is 0 Å². The van der Waals surface area contributed by atoms with Crippen molar-refractivity contribution in [3.05, 3.63) is 34.9 Å². The lowest BCUT2D eigenvalue weighted by Gasteiger charge is -2.35. The van der Waals surface area contributed by atoms with Crippen molar-refractivity contribution in [3.8, 4) is 0 Å². The maximum atomic E-state index is 12.9. The summed E-state index contributed by atoms with van der Waals surface area (Å²) in [5.74, 6) is -0.0978. The van der Waals surface area contributed by atoms with E-state index in [9.17, 15) is 9.59 Å². The second-order valence-electron chi connectivity index (χ2n) is 7.15. The average molecular weight is 315 g/mol. The first-order valence-corrected chi connectivity index (χ1v) is 8.30. The zero-order valence-electron chi connectivity index (χ0n) is 13.1. The van der Waals surface area contributed by atoms with Gasteiger partial charge in [-0.1, -0.05) is 6.07 Å². The van der Waals surface area contributed by atoms with Crippen molar-refractivity contribution in [3.63, 3.8) is 0 Å². The van der Waals surface area contributed by atoms with E-state index in [1.807, 2.05) is 11.0 Å². The monoisotopic (exact) mass is 315 g/mol. The van der Waals surface area contributed by atoms with E-state index in [0.29, 0.717) is 11.5 Å². The molecule has 1 aromatic rings. The van der Waals surface area contributed by atoms with Crippen LogP contribution in [0.5, 0.6) is 0 Å². The summed E-state index contributed by atoms with van der Waals surface area (Å²) >= 11 is 0. The van der Waals surface area contributed by atoms with Crippen LogP contribution in [0.2, 0.25) is 0 Å². The highest BCUT2D eigenvalue weighted by atomic mass is 16.5. The Hall–Kier alpha value is -1.88. The normalized spacial score (nSPS) is 27.1. The number of fused-ring (bicyclic) bond motifs is 1. The summed E-state index contributed by atoms with van der Waals surface area (Å²) in [5.41, 5.74) is 2.31. The molecule has 1 aromatic carbocycles. The number of carbonyl (C=O) groups excluding carboxylic acids is 1. The SMILES string of the molecule is O=C(O)c1ccc2c(c1)CC[C@@]1(CCN(CC3COC3)C1=O)C2. The number of carboxylic acid groups (broad SMARTS) is 1. The van der Waals surface area contributed by atoms with Gasteiger partial charge >= 0.3 is 5.97 Å². The molecule has 3 aliphatic rings. The maximum absolute atomic E-state index is 12.9. The van der Waals surface area contributed by atoms with E-state index in [4.69, 9.17) is 9.84 Å². The van der Waals surface area contributed by atoms with E-state index < -0.39 is 5.97 Å². The van der Waals surface area contributed by atoms with Crippen LogP contribution in [0.15, 0.2) is 18.2 Å². The van der Waals surface area contributed by atoms with Crippen LogP contribution in [0.25, 0.3) is 0 Å². The van der Waals surface area contributed by atoms with Crippen LogP contribution in [0, 0.1) is 11.3 Å². The number of hydrogen-bond acceptors (Lipinski definition) is 3. The molecule has 23 heavy (non-hydrogen) atoms. The summed E-state index contributed by atoms with van der Waals surface area (Å²) in [6.07, 6.45) is 3.29. The van der Waals surface area contributed by atoms with Crippen molar-refractivity contribution < 1.29 is 19.4 Å². The topological polar surface area (TPSA) is 66.8 Å². The van der Waals surface area contributed by atoms with E-state index in [2.05, 4.69) is 0 Å². The molecule has 5 heteroatoms. The van der Waals surface area contributed by atoms with Gasteiger partial charge in [0.05, 0.1) is 24.2 Å². The first kappa shape index (κ1) is 14.7. The molecule has 0 saturated carbocycles. The highest BCUT2D eigenvalue weighted by Crippen LogP contribution is 2.44. The van der Waals surface area contributed by atoms with Gasteiger partial charge in [0.25, 0.3) is 0 Å². The number of aromatic carboxylic acids is 1. The molecule has 1 spiro atoms. The Morgan fingerprint density at radius 1 is 1.30 bits per heavy atom. The van der Waals surface area contributed by atoms with Crippen LogP contribution in [0.3, 0.4) is 0 Å². The van der Waals surface area contributed by atoms with Gasteiger partial charge in [0.2, 0.25) is 5.91 Å². The lowest BCUT2D eigenvalue weighted by atomic mass is 9.70. The first-order chi connectivity index (χ1) is 11.1. The Morgan fingerprint density at radius 3 is 2.83 bits per heavy atom. The van der Waals surface area contributed by atoms with Crippen LogP contribution < -0.4 is 0 Å². The van der Waals surface area contributed by atoms with E-state index >= 15 is 0 Å². The smallest absolute Gasteiger partial charge is 0.335 e. The Balaban J connectivity index is 1.52. The Kier molecular flexibility index (Phi) is 3.41. The van der Waals surface area contributed by atoms with Crippen molar-refractivity contribution in [1.82, 2.24) is 4.90 Å². The minimum absolute atomic E-state index is 0.262. The minimum Gasteiger partial charge on any atom is -0.478 e. The van der Waals surface area contributed by atoms with Gasteiger partial charge in [0.15, 0.2) is 0 Å². The fourth-order valence-corrected chi connectivity index (χ4v) is 4.16. The second kappa shape index (κ2) is 5.34. The zero-order valence-corrected chi connectivity index (χ0v) is 13.1. The van der Waals surface area contributed by atoms with Gasteiger partial charge < -0.3 is 14.7 Å². The summed E-state index contributed by atoms with van der Waals surface area (Å²) in [5, 5.41) is 9.11. The number of rotatable bonds is 3. The quantitative estimate of drug-likeness (QED) is 0.922. The van der Waals surface area contributed by atoms with Gasteiger partial charge in [0.1, 0.15) is 0 Å². The second-order valence-corrected chi connectivity index (χ2v) is 7.15. The molecule has 0 radical (unpaired) electrons. The Morgan fingerprint density at radius 2 is 2.13 bits per heavy atom. The third kappa shape index (κ3) is 2.43. The van der Waals surface area contributed by atoms with Gasteiger partial charge in [-0.15, -0.1) is 0 Å². The molecule has 4 rings (SSSR count). The molecular formula is C18H21NO4. The molecule has 2 fully saturated rings. The van der Waals surface area contributed by atoms with Gasteiger partial charge in [-0.05, 0) is 48.9 Å². The predicted octanol–water partition coefficient (Wildman–Crippen LogP) is 1.74. The minimum atomic E-state index is -0.890. The van der Waals surface area contributed by atoms with Crippen molar-refractivity contribution in [2.45, 2.75) is 25.7 Å². The summed E-state index contributed by atoms with van der Waals surface area (Å²) < 4.78 is 5.21. The fourth-order valence-electron chi connectivity index (χ4n) is 4.16. The van der Waals surface area contributed by atoms with E-state index in [-0.39, 0.29) is 11.3 Å². The molecule has 2 heterocycles. The largest absolute Gasteiger partial charge is 0.478 e. The number of aryl methyl sites for hydroxylation is 1. The Labute approximate surface area is 135 Å². The number of ether oxygens (including phenoxy) is 1. The third-order valence-electron chi connectivity index (χ3n) is 5.64. The number of nitrogens with zero attached hydrogens (tertiary/aromatic N) is 1. The average Bonchev–Trinajstić information content (AvgIpc) is 2.79. The molecular weight excluding hydrogens is 294 g/mol. The number of hydrogen-bond donors (Lipinski definition) is 1. The van der Waals surface area contributed by atoms with E-state index in [1.54, 1.807) is 12.1 Å². The maximum Gasteiger partial charge on any atom is 0.335 e. The highest BCUT2D eigenvalue weighted by Gasteiger charge is 2.48. The molecule has 0 unspecified atom stereocenters. The Bertz CT molecular complexity index is 667. The van der Waals surface area contributed by atoms with Gasteiger partial charge in [-0.3, -0.25) is 4.79 Å². The van der Waals surface area contributed by atoms with Crippen LogP contribution in [0.1, 0.15) is 34.3 Å². The van der Waals surface area contributed by atoms with Crippen molar-refractivity contribution in [2.24, 2.45) is 11.3 Å². The number of carboxylic acids is 1. The lowest BCUT2D eigenvalue weighted by molar-refractivity contribution is -0.139. The third-order valence-corrected chi connectivity index (χ3v) is 5.64. The van der Waals surface area contributed by atoms with E-state index in [1.165, 1.54) is 0 Å². The van der Waals surface area contributed by atoms with Gasteiger partial charge in [0, 0.05) is 19.0 Å². The number of amides is 1. The van der Waals surface area contributed by atoms with Crippen molar-refractivity contribution in [2.75, 3.05) is 26.3 Å². The molecule has 1 aliphatic carbocycles. The predicted molar refractivity (Wildman–Crippen MR) is 83.4 cm³/mol. The van der Waals surface area contributed by atoms with Crippen molar-refractivity contribution >= 4 is 11.9 Å². The number of carbonyl (C=O) groups is 2. The molecule has 2 saturated heterocycles. The number of benzene rings is 1. The zero-order chi connectivity index (χ0) is 16.0. The molecule has 1 amide bonds. The van der Waals surface area contributed by atoms with Crippen LogP contribution in [-0.4, -0.2) is 48.2 Å². The molecule has 0 bridgehead atoms.